The largest absolute Gasteiger partial charge is 0.591 e. The van der Waals surface area contributed by atoms with Crippen molar-refractivity contribution in [3.8, 4) is 5.75 Å². The second kappa shape index (κ2) is 8.37. The van der Waals surface area contributed by atoms with Gasteiger partial charge < -0.3 is 14.0 Å². The molecule has 1 saturated carbocycles. The summed E-state index contributed by atoms with van der Waals surface area (Å²) < 4.78 is 29.0. The minimum Gasteiger partial charge on any atom is -0.591 e. The van der Waals surface area contributed by atoms with Gasteiger partial charge in [0.05, 0.1) is 12.7 Å². The van der Waals surface area contributed by atoms with Crippen molar-refractivity contribution in [2.75, 3.05) is 13.7 Å². The van der Waals surface area contributed by atoms with Crippen LogP contribution in [0.4, 0.5) is 0 Å². The fourth-order valence-corrected chi connectivity index (χ4v) is 4.91. The maximum Gasteiger partial charge on any atom is 0.144 e. The monoisotopic (exact) mass is 405 g/mol. The number of fused-ring (bicyclic) bond motifs is 1. The van der Waals surface area contributed by atoms with Crippen molar-refractivity contribution in [2.24, 2.45) is 15.7 Å². The SMILES string of the molecule is CO[C@H]1CC[C@]2(CC1)Cc1ccc(OCC(C)C)cc1C2=N[S+]([O-])C(C)(C)C. The Morgan fingerprint density at radius 3 is 2.50 bits per heavy atom. The number of rotatable bonds is 5. The van der Waals surface area contributed by atoms with Crippen molar-refractivity contribution in [2.45, 2.75) is 77.6 Å². The lowest BCUT2D eigenvalue weighted by atomic mass is 9.70. The Balaban J connectivity index is 1.97. The number of ether oxygens (including phenoxy) is 2. The second-order valence-corrected chi connectivity index (χ2v) is 11.6. The molecule has 0 bridgehead atoms. The third kappa shape index (κ3) is 4.58. The Morgan fingerprint density at radius 2 is 1.93 bits per heavy atom. The summed E-state index contributed by atoms with van der Waals surface area (Å²) in [6.45, 7) is 10.9. The molecule has 1 atom stereocenters. The smallest absolute Gasteiger partial charge is 0.144 e. The highest BCUT2D eigenvalue weighted by Gasteiger charge is 2.47. The summed E-state index contributed by atoms with van der Waals surface area (Å²) in [7, 11) is 1.80. The van der Waals surface area contributed by atoms with Crippen LogP contribution in [0.15, 0.2) is 22.6 Å². The summed E-state index contributed by atoms with van der Waals surface area (Å²) in [5, 5.41) is 0. The molecule has 1 spiro atoms. The molecular weight excluding hydrogens is 370 g/mol. The Bertz CT molecular complexity index is 715. The summed E-state index contributed by atoms with van der Waals surface area (Å²) in [6, 6.07) is 6.37. The average Bonchev–Trinajstić information content (AvgIpc) is 2.92. The van der Waals surface area contributed by atoms with Crippen LogP contribution in [0.1, 0.15) is 71.4 Å². The first-order valence-electron chi connectivity index (χ1n) is 10.4. The Morgan fingerprint density at radius 1 is 1.25 bits per heavy atom. The van der Waals surface area contributed by atoms with Gasteiger partial charge >= 0.3 is 0 Å². The Labute approximate surface area is 173 Å². The van der Waals surface area contributed by atoms with Gasteiger partial charge in [-0.25, -0.2) is 0 Å². The van der Waals surface area contributed by atoms with E-state index in [4.69, 9.17) is 13.9 Å². The molecule has 156 valence electrons. The van der Waals surface area contributed by atoms with E-state index in [-0.39, 0.29) is 10.2 Å². The van der Waals surface area contributed by atoms with E-state index in [0.717, 1.165) is 49.1 Å². The predicted octanol–water partition coefficient (Wildman–Crippen LogP) is 5.10. The normalized spacial score (nSPS) is 27.4. The Hall–Kier alpha value is -1.04. The maximum atomic E-state index is 12.9. The summed E-state index contributed by atoms with van der Waals surface area (Å²) >= 11 is -1.27. The molecule has 28 heavy (non-hydrogen) atoms. The zero-order chi connectivity index (χ0) is 20.5. The number of benzene rings is 1. The molecule has 0 amide bonds. The highest BCUT2D eigenvalue weighted by atomic mass is 32.2. The van der Waals surface area contributed by atoms with Crippen molar-refractivity contribution in [3.63, 3.8) is 0 Å². The molecule has 2 aliphatic carbocycles. The standard InChI is InChI=1S/C23H35NO3S/c1-16(2)15-27-19-8-7-17-14-23(11-9-18(26-6)10-12-23)21(20(17)13-19)24-28(25)22(3,4)5/h7-8,13,16,18H,9-12,14-15H2,1-6H3/t18-,23-,28?. The average molecular weight is 406 g/mol. The van der Waals surface area contributed by atoms with E-state index in [0.29, 0.717) is 18.6 Å². The van der Waals surface area contributed by atoms with Gasteiger partial charge in [-0.15, -0.1) is 0 Å². The lowest BCUT2D eigenvalue weighted by molar-refractivity contribution is 0.0468. The number of hydrogen-bond donors (Lipinski definition) is 0. The van der Waals surface area contributed by atoms with Crippen molar-refractivity contribution < 1.29 is 14.0 Å². The topological polar surface area (TPSA) is 53.9 Å². The van der Waals surface area contributed by atoms with Crippen molar-refractivity contribution in [3.05, 3.63) is 29.3 Å². The molecular formula is C23H35NO3S. The summed E-state index contributed by atoms with van der Waals surface area (Å²) in [4.78, 5) is 0. The van der Waals surface area contributed by atoms with Gasteiger partial charge in [-0.1, -0.05) is 24.3 Å². The van der Waals surface area contributed by atoms with Crippen LogP contribution in [0.2, 0.25) is 0 Å². The zero-order valence-corrected chi connectivity index (χ0v) is 19.0. The summed E-state index contributed by atoms with van der Waals surface area (Å²) in [5.41, 5.74) is 3.45. The van der Waals surface area contributed by atoms with Crippen LogP contribution in [0.5, 0.6) is 5.75 Å². The molecule has 0 heterocycles. The van der Waals surface area contributed by atoms with Gasteiger partial charge in [-0.3, -0.25) is 0 Å². The molecule has 4 nitrogen and oxygen atoms in total. The molecule has 0 aromatic heterocycles. The first kappa shape index (κ1) is 21.7. The van der Waals surface area contributed by atoms with Crippen LogP contribution in [-0.4, -0.2) is 34.8 Å². The molecule has 1 fully saturated rings. The highest BCUT2D eigenvalue weighted by molar-refractivity contribution is 7.91. The van der Waals surface area contributed by atoms with Gasteiger partial charge in [-0.05, 0) is 76.5 Å². The van der Waals surface area contributed by atoms with Gasteiger partial charge in [0.2, 0.25) is 0 Å². The molecule has 1 aromatic rings. The van der Waals surface area contributed by atoms with Crippen LogP contribution < -0.4 is 4.74 Å². The fourth-order valence-electron chi connectivity index (χ4n) is 4.18. The number of methoxy groups -OCH3 is 1. The van der Waals surface area contributed by atoms with E-state index in [1.807, 2.05) is 20.8 Å². The molecule has 2 aliphatic rings. The first-order chi connectivity index (χ1) is 13.1. The van der Waals surface area contributed by atoms with Crippen molar-refractivity contribution >= 4 is 17.1 Å². The van der Waals surface area contributed by atoms with E-state index in [1.54, 1.807) is 7.11 Å². The number of hydrogen-bond acceptors (Lipinski definition) is 4. The van der Waals surface area contributed by atoms with Gasteiger partial charge in [0.1, 0.15) is 27.6 Å². The molecule has 3 rings (SSSR count). The van der Waals surface area contributed by atoms with E-state index in [1.165, 1.54) is 5.56 Å². The van der Waals surface area contributed by atoms with Crippen molar-refractivity contribution in [1.82, 2.24) is 0 Å². The molecule has 0 radical (unpaired) electrons. The summed E-state index contributed by atoms with van der Waals surface area (Å²) in [6.07, 6.45) is 5.42. The third-order valence-corrected chi connectivity index (χ3v) is 7.27. The minimum absolute atomic E-state index is 0.0189. The molecule has 0 saturated heterocycles. The van der Waals surface area contributed by atoms with E-state index in [2.05, 4.69) is 32.0 Å². The van der Waals surface area contributed by atoms with Gasteiger partial charge in [0.25, 0.3) is 0 Å². The van der Waals surface area contributed by atoms with Crippen LogP contribution >= 0.6 is 0 Å². The molecule has 0 aliphatic heterocycles. The zero-order valence-electron chi connectivity index (χ0n) is 18.2. The van der Waals surface area contributed by atoms with Crippen LogP contribution in [0.25, 0.3) is 0 Å². The Kier molecular flexibility index (Phi) is 6.48. The van der Waals surface area contributed by atoms with E-state index >= 15 is 0 Å². The summed E-state index contributed by atoms with van der Waals surface area (Å²) in [5.74, 6) is 1.36. The van der Waals surface area contributed by atoms with Gasteiger partial charge in [0, 0.05) is 18.1 Å². The van der Waals surface area contributed by atoms with Crippen LogP contribution in [0, 0.1) is 11.3 Å². The predicted molar refractivity (Wildman–Crippen MR) is 117 cm³/mol. The lowest BCUT2D eigenvalue weighted by Gasteiger charge is -2.37. The van der Waals surface area contributed by atoms with E-state index < -0.39 is 11.4 Å². The lowest BCUT2D eigenvalue weighted by Crippen LogP contribution is -2.37. The molecule has 1 aromatic carbocycles. The molecule has 1 unspecified atom stereocenters. The van der Waals surface area contributed by atoms with Crippen LogP contribution in [-0.2, 0) is 22.5 Å². The number of nitrogens with zero attached hydrogens (tertiary/aromatic N) is 1. The fraction of sp³-hybridized carbons (Fsp3) is 0.696. The first-order valence-corrected chi connectivity index (χ1v) is 11.6. The molecule has 5 heteroatoms. The van der Waals surface area contributed by atoms with Crippen LogP contribution in [0.3, 0.4) is 0 Å². The molecule has 0 N–H and O–H groups in total. The maximum absolute atomic E-state index is 12.9. The quantitative estimate of drug-likeness (QED) is 0.640. The minimum atomic E-state index is -1.27. The highest BCUT2D eigenvalue weighted by Crippen LogP contribution is 2.49. The van der Waals surface area contributed by atoms with E-state index in [9.17, 15) is 4.55 Å². The van der Waals surface area contributed by atoms with Gasteiger partial charge in [-0.2, -0.15) is 0 Å². The third-order valence-electron chi connectivity index (χ3n) is 5.87. The van der Waals surface area contributed by atoms with Gasteiger partial charge in [0.15, 0.2) is 0 Å². The second-order valence-electron chi connectivity index (χ2n) is 9.72. The van der Waals surface area contributed by atoms with Crippen molar-refractivity contribution in [1.29, 1.82) is 0 Å².